The van der Waals surface area contributed by atoms with Gasteiger partial charge in [0.15, 0.2) is 0 Å². The van der Waals surface area contributed by atoms with E-state index in [-0.39, 0.29) is 7.43 Å². The quantitative estimate of drug-likeness (QED) is 0.438. The third-order valence-corrected chi connectivity index (χ3v) is 1.35. The van der Waals surface area contributed by atoms with Crippen molar-refractivity contribution in [3.63, 3.8) is 0 Å². The summed E-state index contributed by atoms with van der Waals surface area (Å²) >= 11 is 0. The summed E-state index contributed by atoms with van der Waals surface area (Å²) in [6.07, 6.45) is 0. The molecule has 1 aliphatic rings. The van der Waals surface area contributed by atoms with Gasteiger partial charge in [-0.2, -0.15) is 0 Å². The summed E-state index contributed by atoms with van der Waals surface area (Å²) in [6, 6.07) is 0. The fourth-order valence-electron chi connectivity index (χ4n) is 0.720. The maximum absolute atomic E-state index is 5.12. The van der Waals surface area contributed by atoms with Gasteiger partial charge in [-0.3, -0.25) is 0 Å². The van der Waals surface area contributed by atoms with Crippen LogP contribution in [0.3, 0.4) is 0 Å². The van der Waals surface area contributed by atoms with Crippen LogP contribution in [0.15, 0.2) is 0 Å². The molecule has 1 rings (SSSR count). The second kappa shape index (κ2) is 3.87. The first-order chi connectivity index (χ1) is 3.39. The van der Waals surface area contributed by atoms with Crippen LogP contribution >= 0.6 is 0 Å². The van der Waals surface area contributed by atoms with Crippen molar-refractivity contribution >= 4 is 0 Å². The highest BCUT2D eigenvalue weighted by Gasteiger charge is 2.05. The lowest BCUT2D eigenvalue weighted by molar-refractivity contribution is -0.888. The molecule has 0 spiro atoms. The number of hydrogen-bond donors (Lipinski definition) is 1. The highest BCUT2D eigenvalue weighted by molar-refractivity contribution is 4.34. The molecule has 8 heavy (non-hydrogen) atoms. The Balaban J connectivity index is 0.000000490. The van der Waals surface area contributed by atoms with Crippen molar-refractivity contribution in [3.05, 3.63) is 0 Å². The van der Waals surface area contributed by atoms with Crippen LogP contribution in [0.5, 0.6) is 0 Å². The Bertz CT molecular complexity index is 50.5. The minimum absolute atomic E-state index is 0. The molecular weight excluding hydrogens is 102 g/mol. The van der Waals surface area contributed by atoms with Crippen molar-refractivity contribution in [1.82, 2.24) is 0 Å². The Kier molecular flexibility index (Phi) is 3.83. The van der Waals surface area contributed by atoms with E-state index in [0.29, 0.717) is 0 Å². The van der Waals surface area contributed by atoms with Crippen molar-refractivity contribution in [2.75, 3.05) is 33.4 Å². The molecule has 0 aromatic carbocycles. The van der Waals surface area contributed by atoms with E-state index in [4.69, 9.17) is 4.74 Å². The highest BCUT2D eigenvalue weighted by atomic mass is 16.5. The van der Waals surface area contributed by atoms with Gasteiger partial charge in [-0.1, -0.05) is 7.43 Å². The van der Waals surface area contributed by atoms with Crippen molar-refractivity contribution in [2.45, 2.75) is 7.43 Å². The molecule has 1 N–H and O–H groups in total. The van der Waals surface area contributed by atoms with E-state index in [0.717, 1.165) is 13.2 Å². The second-order valence-corrected chi connectivity index (χ2v) is 2.07. The third kappa shape index (κ3) is 2.28. The molecule has 0 radical (unpaired) electrons. The average Bonchev–Trinajstić information content (AvgIpc) is 1.69. The van der Waals surface area contributed by atoms with Gasteiger partial charge in [-0.15, -0.1) is 0 Å². The van der Waals surface area contributed by atoms with Crippen LogP contribution in [0.2, 0.25) is 0 Å². The fourth-order valence-corrected chi connectivity index (χ4v) is 0.720. The molecule has 0 aliphatic carbocycles. The lowest BCUT2D eigenvalue weighted by Crippen LogP contribution is -3.11. The first-order valence-electron chi connectivity index (χ1n) is 2.78. The lowest BCUT2D eigenvalue weighted by Gasteiger charge is -2.18. The van der Waals surface area contributed by atoms with Gasteiger partial charge in [0, 0.05) is 0 Å². The van der Waals surface area contributed by atoms with Gasteiger partial charge in [-0.25, -0.2) is 0 Å². The molecule has 1 saturated heterocycles. The summed E-state index contributed by atoms with van der Waals surface area (Å²) in [5.41, 5.74) is 0. The van der Waals surface area contributed by atoms with Crippen LogP contribution in [0, 0.1) is 0 Å². The molecule has 0 saturated carbocycles. The SMILES string of the molecule is C.C[NH+]1CCOCC1. The predicted molar refractivity (Wildman–Crippen MR) is 34.2 cm³/mol. The van der Waals surface area contributed by atoms with E-state index in [9.17, 15) is 0 Å². The topological polar surface area (TPSA) is 13.7 Å². The molecule has 0 bridgehead atoms. The van der Waals surface area contributed by atoms with Gasteiger partial charge < -0.3 is 9.64 Å². The van der Waals surface area contributed by atoms with Gasteiger partial charge in [-0.05, 0) is 0 Å². The monoisotopic (exact) mass is 118 g/mol. The van der Waals surface area contributed by atoms with Gasteiger partial charge >= 0.3 is 0 Å². The van der Waals surface area contributed by atoms with Gasteiger partial charge in [0.1, 0.15) is 13.1 Å². The van der Waals surface area contributed by atoms with E-state index < -0.39 is 0 Å². The van der Waals surface area contributed by atoms with Crippen LogP contribution in [0.4, 0.5) is 0 Å². The molecule has 1 aliphatic heterocycles. The average molecular weight is 118 g/mol. The molecule has 50 valence electrons. The largest absolute Gasteiger partial charge is 0.370 e. The molecule has 2 heteroatoms. The summed E-state index contributed by atoms with van der Waals surface area (Å²) in [4.78, 5) is 1.59. The maximum atomic E-state index is 5.12. The minimum atomic E-state index is 0. The Morgan fingerprint density at radius 3 is 2.00 bits per heavy atom. The van der Waals surface area contributed by atoms with Gasteiger partial charge in [0.05, 0.1) is 20.3 Å². The molecule has 0 amide bonds. The highest BCUT2D eigenvalue weighted by Crippen LogP contribution is 1.71. The molecule has 1 fully saturated rings. The van der Waals surface area contributed by atoms with Crippen molar-refractivity contribution in [3.8, 4) is 0 Å². The third-order valence-electron chi connectivity index (χ3n) is 1.35. The number of morpholine rings is 1. The zero-order chi connectivity index (χ0) is 5.11. The first kappa shape index (κ1) is 7.92. The predicted octanol–water partition coefficient (Wildman–Crippen LogP) is -0.833. The van der Waals surface area contributed by atoms with Crippen LogP contribution in [0.1, 0.15) is 7.43 Å². The molecule has 1 heterocycles. The zero-order valence-electron chi connectivity index (χ0n) is 4.74. The normalized spacial score (nSPS) is 22.1. The Morgan fingerprint density at radius 1 is 1.25 bits per heavy atom. The zero-order valence-corrected chi connectivity index (χ0v) is 4.74. The molecular formula is C6H16NO+. The van der Waals surface area contributed by atoms with E-state index in [1.807, 2.05) is 0 Å². The molecule has 0 atom stereocenters. The Labute approximate surface area is 51.4 Å². The van der Waals surface area contributed by atoms with Crippen LogP contribution in [0.25, 0.3) is 0 Å². The fraction of sp³-hybridized carbons (Fsp3) is 1.00. The van der Waals surface area contributed by atoms with E-state index in [2.05, 4.69) is 7.05 Å². The summed E-state index contributed by atoms with van der Waals surface area (Å²) in [5, 5.41) is 0. The number of likely N-dealkylation sites (N-methyl/N-ethyl adjacent to an activating group) is 1. The number of hydrogen-bond acceptors (Lipinski definition) is 1. The lowest BCUT2D eigenvalue weighted by atomic mass is 10.5. The summed E-state index contributed by atoms with van der Waals surface area (Å²) < 4.78 is 5.12. The maximum Gasteiger partial charge on any atom is 0.101 e. The standard InChI is InChI=1S/C5H11NO.CH4/c1-6-2-4-7-5-3-6;/h2-5H2,1H3;1H4/p+1. The number of nitrogens with one attached hydrogen (secondary N) is 1. The van der Waals surface area contributed by atoms with Crippen LogP contribution < -0.4 is 4.90 Å². The van der Waals surface area contributed by atoms with Crippen molar-refractivity contribution < 1.29 is 9.64 Å². The van der Waals surface area contributed by atoms with Crippen LogP contribution in [-0.2, 0) is 4.74 Å². The molecule has 0 unspecified atom stereocenters. The summed E-state index contributed by atoms with van der Waals surface area (Å²) in [7, 11) is 2.20. The molecule has 2 nitrogen and oxygen atoms in total. The Morgan fingerprint density at radius 2 is 1.75 bits per heavy atom. The van der Waals surface area contributed by atoms with E-state index in [1.54, 1.807) is 4.90 Å². The summed E-state index contributed by atoms with van der Waals surface area (Å²) in [5.74, 6) is 0. The number of ether oxygens (including phenoxy) is 1. The van der Waals surface area contributed by atoms with E-state index >= 15 is 0 Å². The van der Waals surface area contributed by atoms with Crippen molar-refractivity contribution in [2.24, 2.45) is 0 Å². The number of rotatable bonds is 0. The Hall–Kier alpha value is -0.0800. The second-order valence-electron chi connectivity index (χ2n) is 2.07. The first-order valence-corrected chi connectivity index (χ1v) is 2.78. The van der Waals surface area contributed by atoms with Gasteiger partial charge in [0.2, 0.25) is 0 Å². The molecule has 0 aromatic rings. The summed E-state index contributed by atoms with van der Waals surface area (Å²) in [6.45, 7) is 4.26. The smallest absolute Gasteiger partial charge is 0.101 e. The van der Waals surface area contributed by atoms with Gasteiger partial charge in [0.25, 0.3) is 0 Å². The van der Waals surface area contributed by atoms with Crippen LogP contribution in [-0.4, -0.2) is 33.4 Å². The molecule has 0 aromatic heterocycles. The van der Waals surface area contributed by atoms with E-state index in [1.165, 1.54) is 13.1 Å². The minimum Gasteiger partial charge on any atom is -0.370 e. The number of quaternary nitrogens is 1. The van der Waals surface area contributed by atoms with Crippen molar-refractivity contribution in [1.29, 1.82) is 0 Å².